The van der Waals surface area contributed by atoms with Crippen LogP contribution in [-0.4, -0.2) is 42.6 Å². The van der Waals surface area contributed by atoms with Gasteiger partial charge in [0.15, 0.2) is 0 Å². The molecule has 0 fully saturated rings. The normalized spacial score (nSPS) is 10.2. The molecule has 8 nitrogen and oxygen atoms in total. The number of ether oxygens (including phenoxy) is 3. The molecule has 21 heavy (non-hydrogen) atoms. The van der Waals surface area contributed by atoms with E-state index in [2.05, 4.69) is 25.6 Å². The van der Waals surface area contributed by atoms with Crippen molar-refractivity contribution in [2.75, 3.05) is 38.3 Å². The van der Waals surface area contributed by atoms with Gasteiger partial charge >= 0.3 is 6.01 Å². The number of anilines is 2. The van der Waals surface area contributed by atoms with E-state index in [4.69, 9.17) is 14.2 Å². The molecule has 0 aliphatic rings. The Hall–Kier alpha value is -2.45. The number of methoxy groups -OCH3 is 2. The average Bonchev–Trinajstić information content (AvgIpc) is 2.52. The highest BCUT2D eigenvalue weighted by Crippen LogP contribution is 2.19. The Kier molecular flexibility index (Phi) is 5.68. The summed E-state index contributed by atoms with van der Waals surface area (Å²) in [7, 11) is 3.14. The third kappa shape index (κ3) is 4.86. The van der Waals surface area contributed by atoms with E-state index in [0.29, 0.717) is 17.6 Å². The van der Waals surface area contributed by atoms with Crippen molar-refractivity contribution in [2.45, 2.75) is 0 Å². The number of nitrogens with one attached hydrogen (secondary N) is 2. The van der Waals surface area contributed by atoms with Crippen molar-refractivity contribution < 1.29 is 14.2 Å². The molecule has 2 aromatic rings. The lowest BCUT2D eigenvalue weighted by Gasteiger charge is -2.09. The number of hydrogen-bond donors (Lipinski definition) is 2. The van der Waals surface area contributed by atoms with E-state index >= 15 is 0 Å². The molecule has 0 saturated carbocycles. The highest BCUT2D eigenvalue weighted by molar-refractivity contribution is 5.36. The molecule has 8 heteroatoms. The number of para-hydroxylation sites is 1. The summed E-state index contributed by atoms with van der Waals surface area (Å²) < 4.78 is 15.5. The van der Waals surface area contributed by atoms with Crippen molar-refractivity contribution in [2.24, 2.45) is 0 Å². The molecule has 0 saturated heterocycles. The van der Waals surface area contributed by atoms with Crippen molar-refractivity contribution in [1.29, 1.82) is 0 Å². The van der Waals surface area contributed by atoms with Crippen LogP contribution < -0.4 is 15.4 Å². The van der Waals surface area contributed by atoms with Gasteiger partial charge in [-0.2, -0.15) is 15.0 Å². The van der Waals surface area contributed by atoms with Crippen LogP contribution in [0.1, 0.15) is 0 Å². The fraction of sp³-hybridized carbons (Fsp3) is 0.308. The van der Waals surface area contributed by atoms with Gasteiger partial charge in [0.05, 0.1) is 0 Å². The van der Waals surface area contributed by atoms with Crippen molar-refractivity contribution in [3.63, 3.8) is 0 Å². The summed E-state index contributed by atoms with van der Waals surface area (Å²) in [5, 5.41) is 5.78. The number of aromatic nitrogens is 3. The Morgan fingerprint density at radius 2 is 1.43 bits per heavy atom. The maximum atomic E-state index is 5.60. The van der Waals surface area contributed by atoms with Gasteiger partial charge < -0.3 is 24.8 Å². The monoisotopic (exact) mass is 291 g/mol. The zero-order valence-corrected chi connectivity index (χ0v) is 11.9. The minimum atomic E-state index is 0.174. The first kappa shape index (κ1) is 14.9. The van der Waals surface area contributed by atoms with E-state index in [9.17, 15) is 0 Å². The Labute approximate surface area is 122 Å². The van der Waals surface area contributed by atoms with Crippen LogP contribution in [0, 0.1) is 0 Å². The van der Waals surface area contributed by atoms with Crippen LogP contribution >= 0.6 is 0 Å². The van der Waals surface area contributed by atoms with Crippen molar-refractivity contribution in [1.82, 2.24) is 15.0 Å². The summed E-state index contributed by atoms with van der Waals surface area (Å²) >= 11 is 0. The summed E-state index contributed by atoms with van der Waals surface area (Å²) in [6, 6.07) is 9.43. The van der Waals surface area contributed by atoms with Gasteiger partial charge in [0, 0.05) is 14.2 Å². The first-order valence-corrected chi connectivity index (χ1v) is 6.26. The Bertz CT molecular complexity index is 527. The van der Waals surface area contributed by atoms with Gasteiger partial charge in [-0.1, -0.05) is 18.2 Å². The lowest BCUT2D eigenvalue weighted by Crippen LogP contribution is -2.12. The second kappa shape index (κ2) is 7.98. The molecular weight excluding hydrogens is 274 g/mol. The zero-order chi connectivity index (χ0) is 14.9. The summed E-state index contributed by atoms with van der Waals surface area (Å²) in [4.78, 5) is 12.5. The Morgan fingerprint density at radius 3 is 1.95 bits per heavy atom. The zero-order valence-electron chi connectivity index (χ0n) is 11.9. The van der Waals surface area contributed by atoms with Crippen LogP contribution in [0.25, 0.3) is 0 Å². The van der Waals surface area contributed by atoms with Gasteiger partial charge in [0.25, 0.3) is 0 Å². The summed E-state index contributed by atoms with van der Waals surface area (Å²) in [5.74, 6) is 1.33. The summed E-state index contributed by atoms with van der Waals surface area (Å²) in [6.45, 7) is 0.553. The Morgan fingerprint density at radius 1 is 0.857 bits per heavy atom. The number of nitrogens with zero attached hydrogens (tertiary/aromatic N) is 3. The number of benzene rings is 1. The van der Waals surface area contributed by atoms with E-state index < -0.39 is 0 Å². The van der Waals surface area contributed by atoms with Crippen molar-refractivity contribution in [3.05, 3.63) is 30.3 Å². The highest BCUT2D eigenvalue weighted by Gasteiger charge is 2.08. The summed E-state index contributed by atoms with van der Waals surface area (Å²) in [5.41, 5.74) is 0. The van der Waals surface area contributed by atoms with E-state index in [-0.39, 0.29) is 19.5 Å². The van der Waals surface area contributed by atoms with E-state index in [1.807, 2.05) is 30.3 Å². The molecular formula is C13H17N5O3. The van der Waals surface area contributed by atoms with Crippen LogP contribution in [0.4, 0.5) is 11.9 Å². The molecule has 0 aliphatic carbocycles. The molecule has 0 radical (unpaired) electrons. The fourth-order valence-electron chi connectivity index (χ4n) is 1.43. The first-order valence-electron chi connectivity index (χ1n) is 6.26. The summed E-state index contributed by atoms with van der Waals surface area (Å²) in [6.07, 6.45) is 0. The van der Waals surface area contributed by atoms with Gasteiger partial charge in [0.1, 0.15) is 19.2 Å². The average molecular weight is 291 g/mol. The molecule has 2 N–H and O–H groups in total. The van der Waals surface area contributed by atoms with Crippen LogP contribution in [-0.2, 0) is 9.47 Å². The lowest BCUT2D eigenvalue weighted by molar-refractivity contribution is 0.219. The second-order valence-corrected chi connectivity index (χ2v) is 3.90. The fourth-order valence-corrected chi connectivity index (χ4v) is 1.43. The third-order valence-corrected chi connectivity index (χ3v) is 2.32. The topological polar surface area (TPSA) is 90.4 Å². The van der Waals surface area contributed by atoms with E-state index in [1.165, 1.54) is 0 Å². The molecule has 2 rings (SSSR count). The maximum absolute atomic E-state index is 5.60. The van der Waals surface area contributed by atoms with Gasteiger partial charge in [-0.3, -0.25) is 0 Å². The van der Waals surface area contributed by atoms with Gasteiger partial charge in [-0.05, 0) is 12.1 Å². The second-order valence-electron chi connectivity index (χ2n) is 3.90. The van der Waals surface area contributed by atoms with Gasteiger partial charge in [-0.15, -0.1) is 0 Å². The van der Waals surface area contributed by atoms with Crippen LogP contribution in [0.5, 0.6) is 11.8 Å². The van der Waals surface area contributed by atoms with E-state index in [1.54, 1.807) is 14.2 Å². The molecule has 112 valence electrons. The molecule has 1 heterocycles. The molecule has 0 aliphatic heterocycles. The standard InChI is InChI=1S/C13H17N5O3/c1-19-8-14-11-16-12(15-9-20-2)18-13(17-11)21-10-6-4-3-5-7-10/h3-7H,8-9H2,1-2H3,(H2,14,15,16,17,18). The molecule has 1 aromatic heterocycles. The van der Waals surface area contributed by atoms with Gasteiger partial charge in [-0.25, -0.2) is 0 Å². The SMILES string of the molecule is COCNc1nc(NCOC)nc(Oc2ccccc2)n1. The molecule has 1 aromatic carbocycles. The largest absolute Gasteiger partial charge is 0.424 e. The third-order valence-electron chi connectivity index (χ3n) is 2.32. The van der Waals surface area contributed by atoms with Gasteiger partial charge in [0.2, 0.25) is 11.9 Å². The van der Waals surface area contributed by atoms with Crippen molar-refractivity contribution in [3.8, 4) is 11.8 Å². The van der Waals surface area contributed by atoms with Crippen LogP contribution in [0.15, 0.2) is 30.3 Å². The van der Waals surface area contributed by atoms with Crippen LogP contribution in [0.3, 0.4) is 0 Å². The molecule has 0 unspecified atom stereocenters. The predicted molar refractivity (Wildman–Crippen MR) is 77.3 cm³/mol. The smallest absolute Gasteiger partial charge is 0.328 e. The van der Waals surface area contributed by atoms with Crippen molar-refractivity contribution >= 4 is 11.9 Å². The lowest BCUT2D eigenvalue weighted by atomic mass is 10.3. The first-order chi connectivity index (χ1) is 10.3. The quantitative estimate of drug-likeness (QED) is 0.710. The minimum absolute atomic E-state index is 0.174. The maximum Gasteiger partial charge on any atom is 0.328 e. The molecule has 0 amide bonds. The highest BCUT2D eigenvalue weighted by atomic mass is 16.5. The number of hydrogen-bond acceptors (Lipinski definition) is 8. The van der Waals surface area contributed by atoms with E-state index in [0.717, 1.165) is 0 Å². The molecule has 0 atom stereocenters. The molecule has 0 spiro atoms. The molecule has 0 bridgehead atoms. The number of rotatable bonds is 8. The Balaban J connectivity index is 2.17. The predicted octanol–water partition coefficient (Wildman–Crippen LogP) is 1.70. The minimum Gasteiger partial charge on any atom is -0.424 e. The van der Waals surface area contributed by atoms with Crippen LogP contribution in [0.2, 0.25) is 0 Å².